The van der Waals surface area contributed by atoms with Gasteiger partial charge < -0.3 is 15.2 Å². The maximum absolute atomic E-state index is 5.94. The molecule has 0 saturated heterocycles. The maximum Gasteiger partial charge on any atom is 0.142 e. The van der Waals surface area contributed by atoms with Gasteiger partial charge in [-0.05, 0) is 48.4 Å². The van der Waals surface area contributed by atoms with Crippen LogP contribution in [0.25, 0.3) is 0 Å². The van der Waals surface area contributed by atoms with Crippen molar-refractivity contribution in [2.45, 2.75) is 13.3 Å². The van der Waals surface area contributed by atoms with Gasteiger partial charge >= 0.3 is 0 Å². The summed E-state index contributed by atoms with van der Waals surface area (Å²) >= 11 is 3.38. The van der Waals surface area contributed by atoms with Crippen LogP contribution < -0.4 is 15.2 Å². The molecule has 0 heterocycles. The van der Waals surface area contributed by atoms with Crippen molar-refractivity contribution in [1.29, 1.82) is 0 Å². The van der Waals surface area contributed by atoms with Crippen molar-refractivity contribution in [3.8, 4) is 11.5 Å². The Morgan fingerprint density at radius 1 is 1.00 bits per heavy atom. The highest BCUT2D eigenvalue weighted by molar-refractivity contribution is 9.10. The largest absolute Gasteiger partial charge is 0.490 e. The van der Waals surface area contributed by atoms with Crippen LogP contribution in [0.5, 0.6) is 11.5 Å². The van der Waals surface area contributed by atoms with Gasteiger partial charge in [-0.1, -0.05) is 28.9 Å². The van der Waals surface area contributed by atoms with E-state index >= 15 is 0 Å². The van der Waals surface area contributed by atoms with Crippen molar-refractivity contribution in [3.63, 3.8) is 0 Å². The van der Waals surface area contributed by atoms with Crippen LogP contribution in [-0.4, -0.2) is 13.2 Å². The van der Waals surface area contributed by atoms with Crippen molar-refractivity contribution < 1.29 is 9.47 Å². The van der Waals surface area contributed by atoms with E-state index in [2.05, 4.69) is 22.9 Å². The lowest BCUT2D eigenvalue weighted by Crippen LogP contribution is -2.10. The highest BCUT2D eigenvalue weighted by Crippen LogP contribution is 2.22. The van der Waals surface area contributed by atoms with Crippen LogP contribution in [0, 0.1) is 0 Å². The SMILES string of the molecule is CCc1ccc(OCCOc2ccc(Br)cc2)c(N)c1. The number of nitrogen functional groups attached to an aromatic ring is 1. The molecule has 0 unspecified atom stereocenters. The van der Waals surface area contributed by atoms with Gasteiger partial charge in [-0.2, -0.15) is 0 Å². The zero-order valence-electron chi connectivity index (χ0n) is 11.4. The Balaban J connectivity index is 1.79. The summed E-state index contributed by atoms with van der Waals surface area (Å²) in [5.41, 5.74) is 7.82. The first-order valence-corrected chi connectivity index (χ1v) is 7.38. The fourth-order valence-corrected chi connectivity index (χ4v) is 2.06. The first-order chi connectivity index (χ1) is 9.69. The van der Waals surface area contributed by atoms with Gasteiger partial charge in [0.25, 0.3) is 0 Å². The Morgan fingerprint density at radius 3 is 2.35 bits per heavy atom. The Kier molecular flexibility index (Phi) is 5.30. The number of ether oxygens (including phenoxy) is 2. The molecule has 0 aromatic heterocycles. The van der Waals surface area contributed by atoms with Crippen LogP contribution in [-0.2, 0) is 6.42 Å². The summed E-state index contributed by atoms with van der Waals surface area (Å²) in [7, 11) is 0. The molecule has 0 fully saturated rings. The minimum absolute atomic E-state index is 0.464. The van der Waals surface area contributed by atoms with Crippen molar-refractivity contribution in [2.24, 2.45) is 0 Å². The van der Waals surface area contributed by atoms with E-state index in [-0.39, 0.29) is 0 Å². The summed E-state index contributed by atoms with van der Waals surface area (Å²) in [5.74, 6) is 1.53. The average molecular weight is 336 g/mol. The van der Waals surface area contributed by atoms with Crippen molar-refractivity contribution >= 4 is 21.6 Å². The second kappa shape index (κ2) is 7.20. The molecule has 0 aliphatic rings. The first kappa shape index (κ1) is 14.7. The fourth-order valence-electron chi connectivity index (χ4n) is 1.79. The lowest BCUT2D eigenvalue weighted by atomic mass is 10.1. The molecule has 3 nitrogen and oxygen atoms in total. The van der Waals surface area contributed by atoms with Gasteiger partial charge in [-0.15, -0.1) is 0 Å². The number of hydrogen-bond donors (Lipinski definition) is 1. The molecule has 20 heavy (non-hydrogen) atoms. The molecular formula is C16H18BrNO2. The topological polar surface area (TPSA) is 44.5 Å². The Labute approximate surface area is 127 Å². The molecule has 2 N–H and O–H groups in total. The molecule has 4 heteroatoms. The third-order valence-corrected chi connectivity index (χ3v) is 3.43. The molecule has 0 bridgehead atoms. The van der Waals surface area contributed by atoms with E-state index in [0.29, 0.717) is 24.7 Å². The lowest BCUT2D eigenvalue weighted by molar-refractivity contribution is 0.218. The number of hydrogen-bond acceptors (Lipinski definition) is 3. The standard InChI is InChI=1S/C16H18BrNO2/c1-2-12-3-8-16(15(18)11-12)20-10-9-19-14-6-4-13(17)5-7-14/h3-8,11H,2,9-10,18H2,1H3. The van der Waals surface area contributed by atoms with Crippen molar-refractivity contribution in [1.82, 2.24) is 0 Å². The Bertz CT molecular complexity index is 555. The zero-order chi connectivity index (χ0) is 14.4. The number of anilines is 1. The number of halogens is 1. The quantitative estimate of drug-likeness (QED) is 0.639. The van der Waals surface area contributed by atoms with Crippen LogP contribution in [0.1, 0.15) is 12.5 Å². The van der Waals surface area contributed by atoms with Gasteiger partial charge in [0.2, 0.25) is 0 Å². The molecule has 0 aliphatic carbocycles. The van der Waals surface area contributed by atoms with E-state index in [9.17, 15) is 0 Å². The van der Waals surface area contributed by atoms with Gasteiger partial charge in [-0.3, -0.25) is 0 Å². The minimum atomic E-state index is 0.464. The first-order valence-electron chi connectivity index (χ1n) is 6.58. The van der Waals surface area contributed by atoms with Gasteiger partial charge in [0, 0.05) is 4.47 Å². The van der Waals surface area contributed by atoms with E-state index in [4.69, 9.17) is 15.2 Å². The highest BCUT2D eigenvalue weighted by atomic mass is 79.9. The predicted octanol–water partition coefficient (Wildman–Crippen LogP) is 4.05. The Hall–Kier alpha value is -1.68. The normalized spacial score (nSPS) is 10.3. The predicted molar refractivity (Wildman–Crippen MR) is 85.4 cm³/mol. The van der Waals surface area contributed by atoms with Gasteiger partial charge in [0.05, 0.1) is 5.69 Å². The number of benzene rings is 2. The van der Waals surface area contributed by atoms with E-state index in [1.165, 1.54) is 5.56 Å². The van der Waals surface area contributed by atoms with Crippen LogP contribution in [0.2, 0.25) is 0 Å². The lowest BCUT2D eigenvalue weighted by Gasteiger charge is -2.11. The molecule has 0 radical (unpaired) electrons. The van der Waals surface area contributed by atoms with Crippen LogP contribution in [0.15, 0.2) is 46.9 Å². The summed E-state index contributed by atoms with van der Waals surface area (Å²) in [4.78, 5) is 0. The molecule has 0 atom stereocenters. The number of nitrogens with two attached hydrogens (primary N) is 1. The highest BCUT2D eigenvalue weighted by Gasteiger charge is 2.01. The molecular weight excluding hydrogens is 318 g/mol. The molecule has 0 saturated carbocycles. The van der Waals surface area contributed by atoms with Crippen LogP contribution >= 0.6 is 15.9 Å². The second-order valence-electron chi connectivity index (χ2n) is 4.38. The summed E-state index contributed by atoms with van der Waals surface area (Å²) in [5, 5.41) is 0. The van der Waals surface area contributed by atoms with E-state index in [1.54, 1.807) is 0 Å². The zero-order valence-corrected chi connectivity index (χ0v) is 13.0. The number of rotatable bonds is 6. The third-order valence-electron chi connectivity index (χ3n) is 2.91. The summed E-state index contributed by atoms with van der Waals surface area (Å²) < 4.78 is 12.2. The van der Waals surface area contributed by atoms with Gasteiger partial charge in [-0.25, -0.2) is 0 Å². The van der Waals surface area contributed by atoms with Crippen molar-refractivity contribution in [2.75, 3.05) is 18.9 Å². The van der Waals surface area contributed by atoms with E-state index in [0.717, 1.165) is 16.6 Å². The molecule has 0 aliphatic heterocycles. The third kappa shape index (κ3) is 4.17. The Morgan fingerprint density at radius 2 is 1.70 bits per heavy atom. The average Bonchev–Trinajstić information content (AvgIpc) is 2.46. The van der Waals surface area contributed by atoms with E-state index in [1.807, 2.05) is 42.5 Å². The second-order valence-corrected chi connectivity index (χ2v) is 5.29. The molecule has 2 rings (SSSR count). The smallest absolute Gasteiger partial charge is 0.142 e. The monoisotopic (exact) mass is 335 g/mol. The molecule has 0 amide bonds. The maximum atomic E-state index is 5.94. The molecule has 2 aromatic carbocycles. The minimum Gasteiger partial charge on any atom is -0.490 e. The van der Waals surface area contributed by atoms with E-state index < -0.39 is 0 Å². The summed E-state index contributed by atoms with van der Waals surface area (Å²) in [6.45, 7) is 3.05. The molecule has 2 aromatic rings. The number of aryl methyl sites for hydroxylation is 1. The van der Waals surface area contributed by atoms with Crippen molar-refractivity contribution in [3.05, 3.63) is 52.5 Å². The van der Waals surface area contributed by atoms with Gasteiger partial charge in [0.1, 0.15) is 24.7 Å². The molecule has 106 valence electrons. The summed E-state index contributed by atoms with van der Waals surface area (Å²) in [6.07, 6.45) is 0.969. The van der Waals surface area contributed by atoms with Gasteiger partial charge in [0.15, 0.2) is 0 Å². The fraction of sp³-hybridized carbons (Fsp3) is 0.250. The van der Waals surface area contributed by atoms with Crippen LogP contribution in [0.3, 0.4) is 0 Å². The molecule has 0 spiro atoms. The van der Waals surface area contributed by atoms with Crippen LogP contribution in [0.4, 0.5) is 5.69 Å². The summed E-state index contributed by atoms with van der Waals surface area (Å²) in [6, 6.07) is 13.6.